The summed E-state index contributed by atoms with van der Waals surface area (Å²) in [5.74, 6) is 5.26. The molecule has 6 heteroatoms. The Labute approximate surface area is 93.3 Å². The third-order valence-electron chi connectivity index (χ3n) is 2.37. The van der Waals surface area contributed by atoms with E-state index in [0.29, 0.717) is 10.7 Å². The van der Waals surface area contributed by atoms with Gasteiger partial charge in [-0.3, -0.25) is 5.84 Å². The van der Waals surface area contributed by atoms with Crippen LogP contribution in [0, 0.1) is 0 Å². The van der Waals surface area contributed by atoms with Gasteiger partial charge in [-0.15, -0.1) is 0 Å². The van der Waals surface area contributed by atoms with E-state index in [9.17, 15) is 8.42 Å². The molecule has 3 N–H and O–H groups in total. The third-order valence-corrected chi connectivity index (χ3v) is 4.92. The van der Waals surface area contributed by atoms with E-state index in [0.717, 1.165) is 12.8 Å². The molecule has 2 rings (SSSR count). The van der Waals surface area contributed by atoms with Gasteiger partial charge in [0.05, 0.1) is 15.8 Å². The molecule has 0 spiro atoms. The van der Waals surface area contributed by atoms with Crippen LogP contribution in [0.2, 0.25) is 5.02 Å². The van der Waals surface area contributed by atoms with Gasteiger partial charge in [0.15, 0.2) is 9.84 Å². The summed E-state index contributed by atoms with van der Waals surface area (Å²) in [5, 5.41) is 0.212. The summed E-state index contributed by atoms with van der Waals surface area (Å²) in [6, 6.07) is 4.56. The van der Waals surface area contributed by atoms with Gasteiger partial charge >= 0.3 is 0 Å². The number of halogens is 1. The predicted molar refractivity (Wildman–Crippen MR) is 59.5 cm³/mol. The minimum atomic E-state index is -3.23. The van der Waals surface area contributed by atoms with Crippen LogP contribution in [0.1, 0.15) is 12.8 Å². The van der Waals surface area contributed by atoms with Gasteiger partial charge in [-0.1, -0.05) is 11.6 Å². The molecule has 0 heterocycles. The van der Waals surface area contributed by atoms with Crippen molar-refractivity contribution in [1.82, 2.24) is 0 Å². The number of rotatable bonds is 3. The SMILES string of the molecule is NNc1cc(Cl)ccc1S(=O)(=O)C1CC1. The summed E-state index contributed by atoms with van der Waals surface area (Å²) in [5.41, 5.74) is 2.72. The molecule has 1 aliphatic rings. The Morgan fingerprint density at radius 3 is 2.60 bits per heavy atom. The fourth-order valence-electron chi connectivity index (χ4n) is 1.42. The van der Waals surface area contributed by atoms with Crippen LogP contribution in [0.3, 0.4) is 0 Å². The van der Waals surface area contributed by atoms with Gasteiger partial charge < -0.3 is 5.43 Å². The Balaban J connectivity index is 2.52. The quantitative estimate of drug-likeness (QED) is 0.627. The number of anilines is 1. The van der Waals surface area contributed by atoms with Crippen molar-refractivity contribution in [2.45, 2.75) is 23.0 Å². The average Bonchev–Trinajstić information content (AvgIpc) is 3.00. The van der Waals surface area contributed by atoms with Crippen molar-refractivity contribution in [3.05, 3.63) is 23.2 Å². The zero-order valence-corrected chi connectivity index (χ0v) is 9.48. The van der Waals surface area contributed by atoms with Crippen LogP contribution in [0.15, 0.2) is 23.1 Å². The number of hydrazine groups is 1. The molecule has 0 atom stereocenters. The summed E-state index contributed by atoms with van der Waals surface area (Å²) >= 11 is 5.75. The maximum Gasteiger partial charge on any atom is 0.183 e. The van der Waals surface area contributed by atoms with E-state index in [1.54, 1.807) is 6.07 Å². The van der Waals surface area contributed by atoms with E-state index in [1.807, 2.05) is 0 Å². The van der Waals surface area contributed by atoms with E-state index in [4.69, 9.17) is 17.4 Å². The summed E-state index contributed by atoms with van der Waals surface area (Å²) < 4.78 is 23.9. The predicted octanol–water partition coefficient (Wildman–Crippen LogP) is 1.56. The lowest BCUT2D eigenvalue weighted by Gasteiger charge is -2.09. The van der Waals surface area contributed by atoms with Crippen molar-refractivity contribution in [2.24, 2.45) is 5.84 Å². The lowest BCUT2D eigenvalue weighted by atomic mass is 10.3. The summed E-state index contributed by atoms with van der Waals surface area (Å²) in [6.07, 6.45) is 1.46. The van der Waals surface area contributed by atoms with Crippen LogP contribution in [-0.2, 0) is 9.84 Å². The lowest BCUT2D eigenvalue weighted by molar-refractivity contribution is 0.595. The highest BCUT2D eigenvalue weighted by Gasteiger charge is 2.38. The number of hydrogen-bond acceptors (Lipinski definition) is 4. The first-order valence-electron chi connectivity index (χ1n) is 4.56. The van der Waals surface area contributed by atoms with Crippen molar-refractivity contribution in [1.29, 1.82) is 0 Å². The summed E-state index contributed by atoms with van der Waals surface area (Å²) in [7, 11) is -3.23. The molecule has 1 saturated carbocycles. The first-order chi connectivity index (χ1) is 7.05. The molecule has 0 amide bonds. The van der Waals surface area contributed by atoms with Gasteiger partial charge in [0.25, 0.3) is 0 Å². The van der Waals surface area contributed by atoms with Crippen LogP contribution in [0.25, 0.3) is 0 Å². The highest BCUT2D eigenvalue weighted by molar-refractivity contribution is 7.92. The Hall–Kier alpha value is -0.780. The lowest BCUT2D eigenvalue weighted by Crippen LogP contribution is -2.14. The van der Waals surface area contributed by atoms with Gasteiger partial charge in [-0.05, 0) is 31.0 Å². The molecule has 0 radical (unpaired) electrons. The monoisotopic (exact) mass is 246 g/mol. The number of sulfone groups is 1. The van der Waals surface area contributed by atoms with Crippen molar-refractivity contribution in [3.8, 4) is 0 Å². The zero-order valence-electron chi connectivity index (χ0n) is 7.90. The highest BCUT2D eigenvalue weighted by Crippen LogP contribution is 2.37. The van der Waals surface area contributed by atoms with Crippen LogP contribution in [0.5, 0.6) is 0 Å². The number of nitrogen functional groups attached to an aromatic ring is 1. The second kappa shape index (κ2) is 3.66. The maximum atomic E-state index is 11.9. The van der Waals surface area contributed by atoms with Gasteiger partial charge in [-0.2, -0.15) is 0 Å². The van der Waals surface area contributed by atoms with E-state index in [-0.39, 0.29) is 10.1 Å². The molecule has 0 bridgehead atoms. The molecule has 0 aliphatic heterocycles. The van der Waals surface area contributed by atoms with E-state index in [2.05, 4.69) is 5.43 Å². The topological polar surface area (TPSA) is 72.2 Å². The Bertz CT molecular complexity index is 483. The van der Waals surface area contributed by atoms with Crippen molar-refractivity contribution in [3.63, 3.8) is 0 Å². The molecule has 1 aromatic rings. The minimum Gasteiger partial charge on any atom is -0.323 e. The van der Waals surface area contributed by atoms with Crippen LogP contribution in [-0.4, -0.2) is 13.7 Å². The van der Waals surface area contributed by atoms with Crippen LogP contribution in [0.4, 0.5) is 5.69 Å². The zero-order chi connectivity index (χ0) is 11.1. The van der Waals surface area contributed by atoms with Crippen LogP contribution < -0.4 is 11.3 Å². The third kappa shape index (κ3) is 1.95. The number of hydrogen-bond donors (Lipinski definition) is 2. The molecule has 1 fully saturated rings. The summed E-state index contributed by atoms with van der Waals surface area (Å²) in [4.78, 5) is 0.233. The molecule has 0 unspecified atom stereocenters. The molecular weight excluding hydrogens is 236 g/mol. The normalized spacial score (nSPS) is 16.4. The first kappa shape index (κ1) is 10.7. The molecule has 4 nitrogen and oxygen atoms in total. The molecule has 82 valence electrons. The first-order valence-corrected chi connectivity index (χ1v) is 6.48. The minimum absolute atomic E-state index is 0.233. The molecular formula is C9H11ClN2O2S. The largest absolute Gasteiger partial charge is 0.323 e. The second-order valence-corrected chi connectivity index (χ2v) is 6.16. The average molecular weight is 247 g/mol. The van der Waals surface area contributed by atoms with E-state index in [1.165, 1.54) is 12.1 Å². The second-order valence-electron chi connectivity index (χ2n) is 3.53. The summed E-state index contributed by atoms with van der Waals surface area (Å²) in [6.45, 7) is 0. The maximum absolute atomic E-state index is 11.9. The molecule has 1 aromatic carbocycles. The highest BCUT2D eigenvalue weighted by atomic mass is 35.5. The van der Waals surface area contributed by atoms with E-state index >= 15 is 0 Å². The fourth-order valence-corrected chi connectivity index (χ4v) is 3.39. The Morgan fingerprint density at radius 1 is 1.40 bits per heavy atom. The fraction of sp³-hybridized carbons (Fsp3) is 0.333. The smallest absolute Gasteiger partial charge is 0.183 e. The van der Waals surface area contributed by atoms with E-state index < -0.39 is 9.84 Å². The van der Waals surface area contributed by atoms with Gasteiger partial charge in [0.1, 0.15) is 0 Å². The Morgan fingerprint density at radius 2 is 2.07 bits per heavy atom. The molecule has 0 aromatic heterocycles. The molecule has 0 saturated heterocycles. The molecule has 15 heavy (non-hydrogen) atoms. The molecule has 1 aliphatic carbocycles. The number of nitrogens with one attached hydrogen (secondary N) is 1. The standard InChI is InChI=1S/C9H11ClN2O2S/c10-6-1-4-9(8(5-6)12-11)15(13,14)7-2-3-7/h1,4-5,7,12H,2-3,11H2. The van der Waals surface area contributed by atoms with Gasteiger partial charge in [-0.25, -0.2) is 8.42 Å². The van der Waals surface area contributed by atoms with Crippen molar-refractivity contribution >= 4 is 27.1 Å². The Kier molecular flexibility index (Phi) is 2.62. The van der Waals surface area contributed by atoms with Crippen LogP contribution >= 0.6 is 11.6 Å². The number of nitrogens with two attached hydrogens (primary N) is 1. The van der Waals surface area contributed by atoms with Gasteiger partial charge in [0, 0.05) is 5.02 Å². The van der Waals surface area contributed by atoms with Crippen molar-refractivity contribution in [2.75, 3.05) is 5.43 Å². The van der Waals surface area contributed by atoms with Gasteiger partial charge in [0.2, 0.25) is 0 Å². The van der Waals surface area contributed by atoms with Crippen molar-refractivity contribution < 1.29 is 8.42 Å². The number of benzene rings is 1.